The first-order valence-corrected chi connectivity index (χ1v) is 5.33. The zero-order valence-corrected chi connectivity index (χ0v) is 9.80. The van der Waals surface area contributed by atoms with Crippen LogP contribution in [0.3, 0.4) is 0 Å². The van der Waals surface area contributed by atoms with Gasteiger partial charge in [-0.3, -0.25) is 4.79 Å². The number of alkyl halides is 3. The largest absolute Gasteiger partial charge is 0.465 e. The minimum atomic E-state index is -4.82. The molecule has 2 nitrogen and oxygen atoms in total. The number of hydrogen-bond acceptors (Lipinski definition) is 2. The quantitative estimate of drug-likeness (QED) is 0.461. The molecule has 0 amide bonds. The van der Waals surface area contributed by atoms with Gasteiger partial charge in [-0.2, -0.15) is 13.2 Å². The van der Waals surface area contributed by atoms with Gasteiger partial charge in [0.1, 0.15) is 5.75 Å². The van der Waals surface area contributed by atoms with Gasteiger partial charge < -0.3 is 4.74 Å². The summed E-state index contributed by atoms with van der Waals surface area (Å²) in [7, 11) is 0. The minimum Gasteiger partial charge on any atom is -0.465 e. The molecule has 1 aromatic carbocycles. The monoisotopic (exact) mass is 268 g/mol. The van der Waals surface area contributed by atoms with Crippen LogP contribution in [0.5, 0.6) is 5.75 Å². The van der Waals surface area contributed by atoms with E-state index in [1.807, 2.05) is 18.2 Å². The highest BCUT2D eigenvalue weighted by Gasteiger charge is 2.35. The fraction of sp³-hybridized carbons (Fsp3) is 0.0714. The van der Waals surface area contributed by atoms with E-state index in [0.29, 0.717) is 11.8 Å². The van der Waals surface area contributed by atoms with E-state index >= 15 is 0 Å². The third kappa shape index (κ3) is 6.26. The van der Waals surface area contributed by atoms with Crippen molar-refractivity contribution in [3.8, 4) is 5.75 Å². The summed E-state index contributed by atoms with van der Waals surface area (Å²) in [4.78, 5) is 10.5. The van der Waals surface area contributed by atoms with E-state index in [4.69, 9.17) is 4.74 Å². The van der Waals surface area contributed by atoms with Crippen molar-refractivity contribution in [2.45, 2.75) is 6.18 Å². The summed E-state index contributed by atoms with van der Waals surface area (Å²) < 4.78 is 40.6. The van der Waals surface area contributed by atoms with E-state index in [1.54, 1.807) is 12.1 Å². The van der Waals surface area contributed by atoms with Crippen molar-refractivity contribution in [1.82, 2.24) is 0 Å². The Balaban J connectivity index is 2.35. The highest BCUT2D eigenvalue weighted by Crippen LogP contribution is 2.16. The molecule has 0 N–H and O–H groups in total. The Morgan fingerprint density at radius 2 is 1.63 bits per heavy atom. The Labute approximate surface area is 108 Å². The number of carbonyl (C=O) groups excluding carboxylic acids is 1. The number of rotatable bonds is 5. The van der Waals surface area contributed by atoms with Crippen molar-refractivity contribution in [1.29, 1.82) is 0 Å². The normalized spacial score (nSPS) is 12.6. The molecule has 19 heavy (non-hydrogen) atoms. The lowest BCUT2D eigenvalue weighted by molar-refractivity contribution is -0.165. The molecule has 0 saturated heterocycles. The zero-order valence-electron chi connectivity index (χ0n) is 9.80. The third-order valence-corrected chi connectivity index (χ3v) is 1.89. The molecule has 1 aromatic rings. The third-order valence-electron chi connectivity index (χ3n) is 1.89. The molecule has 0 aliphatic rings. The van der Waals surface area contributed by atoms with Crippen molar-refractivity contribution < 1.29 is 22.7 Å². The van der Waals surface area contributed by atoms with Crippen LogP contribution in [0.25, 0.3) is 0 Å². The first kappa shape index (κ1) is 14.8. The Hall–Kier alpha value is -2.30. The fourth-order valence-electron chi connectivity index (χ4n) is 1.03. The summed E-state index contributed by atoms with van der Waals surface area (Å²) in [5.41, 5.74) is 0. The maximum atomic E-state index is 11.8. The first-order valence-electron chi connectivity index (χ1n) is 5.33. The lowest BCUT2D eigenvalue weighted by atomic mass is 10.3. The molecular formula is C14H11F3O2. The molecule has 0 aromatic heterocycles. The topological polar surface area (TPSA) is 26.3 Å². The van der Waals surface area contributed by atoms with Gasteiger partial charge in [-0.1, -0.05) is 36.4 Å². The molecule has 0 aliphatic carbocycles. The molecule has 0 aliphatic heterocycles. The molecule has 0 bridgehead atoms. The van der Waals surface area contributed by atoms with Gasteiger partial charge in [0.2, 0.25) is 0 Å². The smallest absolute Gasteiger partial charge is 0.454 e. The van der Waals surface area contributed by atoms with Crippen LogP contribution in [-0.2, 0) is 4.79 Å². The van der Waals surface area contributed by atoms with Gasteiger partial charge >= 0.3 is 6.18 Å². The Kier molecular flexibility index (Phi) is 5.60. The predicted molar refractivity (Wildman–Crippen MR) is 65.6 cm³/mol. The number of carbonyl (C=O) groups is 1. The number of ether oxygens (including phenoxy) is 1. The van der Waals surface area contributed by atoms with Crippen molar-refractivity contribution >= 4 is 5.78 Å². The van der Waals surface area contributed by atoms with Crippen LogP contribution >= 0.6 is 0 Å². The van der Waals surface area contributed by atoms with Gasteiger partial charge in [0.15, 0.2) is 0 Å². The second-order valence-corrected chi connectivity index (χ2v) is 3.37. The van der Waals surface area contributed by atoms with Gasteiger partial charge in [0, 0.05) is 0 Å². The average Bonchev–Trinajstić information content (AvgIpc) is 2.37. The van der Waals surface area contributed by atoms with Gasteiger partial charge in [-0.05, 0) is 24.3 Å². The van der Waals surface area contributed by atoms with Crippen LogP contribution in [-0.4, -0.2) is 12.0 Å². The van der Waals surface area contributed by atoms with Crippen LogP contribution in [0.2, 0.25) is 0 Å². The second kappa shape index (κ2) is 7.20. The van der Waals surface area contributed by atoms with E-state index in [0.717, 1.165) is 6.08 Å². The maximum absolute atomic E-state index is 11.8. The van der Waals surface area contributed by atoms with Gasteiger partial charge in [0.05, 0.1) is 6.26 Å². The van der Waals surface area contributed by atoms with Gasteiger partial charge in [-0.25, -0.2) is 0 Å². The van der Waals surface area contributed by atoms with E-state index < -0.39 is 12.0 Å². The number of para-hydroxylation sites is 1. The van der Waals surface area contributed by atoms with Crippen LogP contribution in [0.15, 0.2) is 67.0 Å². The molecular weight excluding hydrogens is 257 g/mol. The molecule has 1 rings (SSSR count). The molecule has 0 heterocycles. The number of halogens is 3. The van der Waals surface area contributed by atoms with Crippen molar-refractivity contribution in [3.05, 3.63) is 67.0 Å². The Morgan fingerprint density at radius 3 is 2.26 bits per heavy atom. The first-order chi connectivity index (χ1) is 9.00. The molecule has 5 heteroatoms. The molecule has 100 valence electrons. The molecule has 0 atom stereocenters. The van der Waals surface area contributed by atoms with Crippen molar-refractivity contribution in [2.75, 3.05) is 0 Å². The summed E-state index contributed by atoms with van der Waals surface area (Å²) in [6.45, 7) is 0. The maximum Gasteiger partial charge on any atom is 0.454 e. The van der Waals surface area contributed by atoms with E-state index in [2.05, 4.69) is 0 Å². The average molecular weight is 268 g/mol. The fourth-order valence-corrected chi connectivity index (χ4v) is 1.03. The predicted octanol–water partition coefficient (Wildman–Crippen LogP) is 3.82. The van der Waals surface area contributed by atoms with Crippen LogP contribution in [0.1, 0.15) is 0 Å². The van der Waals surface area contributed by atoms with Crippen LogP contribution < -0.4 is 4.74 Å². The lowest BCUT2D eigenvalue weighted by Gasteiger charge is -1.97. The summed E-state index contributed by atoms with van der Waals surface area (Å²) >= 11 is 0. The van der Waals surface area contributed by atoms with Crippen molar-refractivity contribution in [2.24, 2.45) is 0 Å². The summed E-state index contributed by atoms with van der Waals surface area (Å²) in [5, 5.41) is 0. The molecule has 0 saturated carbocycles. The summed E-state index contributed by atoms with van der Waals surface area (Å²) in [6.07, 6.45) is 2.28. The Bertz CT molecular complexity index is 485. The SMILES string of the molecule is O=C(C=CC=CC=COc1ccccc1)C(F)(F)F. The summed E-state index contributed by atoms with van der Waals surface area (Å²) in [5.74, 6) is -1.24. The molecule has 0 unspecified atom stereocenters. The second-order valence-electron chi connectivity index (χ2n) is 3.37. The number of ketones is 1. The standard InChI is InChI=1S/C14H11F3O2/c15-14(16,17)13(18)10-6-1-2-7-11-19-12-8-4-3-5-9-12/h1-11H. The van der Waals surface area contributed by atoms with E-state index in [1.165, 1.54) is 24.5 Å². The minimum absolute atomic E-state index is 0.461. The molecule has 0 fully saturated rings. The number of benzene rings is 1. The Morgan fingerprint density at radius 1 is 1.00 bits per heavy atom. The van der Waals surface area contributed by atoms with Crippen molar-refractivity contribution in [3.63, 3.8) is 0 Å². The lowest BCUT2D eigenvalue weighted by Crippen LogP contribution is -2.19. The van der Waals surface area contributed by atoms with E-state index in [9.17, 15) is 18.0 Å². The number of allylic oxidation sites excluding steroid dienone is 5. The van der Waals surface area contributed by atoms with Crippen LogP contribution in [0.4, 0.5) is 13.2 Å². The zero-order chi connectivity index (χ0) is 14.1. The van der Waals surface area contributed by atoms with E-state index in [-0.39, 0.29) is 0 Å². The number of hydrogen-bond donors (Lipinski definition) is 0. The molecule has 0 radical (unpaired) electrons. The van der Waals surface area contributed by atoms with Gasteiger partial charge in [0.25, 0.3) is 5.78 Å². The summed E-state index contributed by atoms with van der Waals surface area (Å²) in [6, 6.07) is 8.99. The highest BCUT2D eigenvalue weighted by molar-refractivity contribution is 5.94. The van der Waals surface area contributed by atoms with Gasteiger partial charge in [-0.15, -0.1) is 0 Å². The highest BCUT2D eigenvalue weighted by atomic mass is 19.4. The van der Waals surface area contributed by atoms with Crippen LogP contribution in [0, 0.1) is 0 Å². The molecule has 0 spiro atoms.